The Bertz CT molecular complexity index is 1010. The van der Waals surface area contributed by atoms with Gasteiger partial charge in [-0.1, -0.05) is 41.9 Å². The molecule has 0 aliphatic carbocycles. The molecule has 6 heteroatoms. The maximum Gasteiger partial charge on any atom is 0.256 e. The van der Waals surface area contributed by atoms with E-state index in [0.717, 1.165) is 34.2 Å². The Morgan fingerprint density at radius 1 is 1.07 bits per heavy atom. The predicted molar refractivity (Wildman–Crippen MR) is 124 cm³/mol. The smallest absolute Gasteiger partial charge is 0.256 e. The average molecular weight is 441 g/mol. The molecule has 1 saturated heterocycles. The van der Waals surface area contributed by atoms with Gasteiger partial charge in [0.15, 0.2) is 0 Å². The van der Waals surface area contributed by atoms with E-state index in [0.29, 0.717) is 18.8 Å². The van der Waals surface area contributed by atoms with Gasteiger partial charge in [-0.2, -0.15) is 0 Å². The largest absolute Gasteiger partial charge is 0.379 e. The number of thiophene rings is 1. The van der Waals surface area contributed by atoms with Gasteiger partial charge in [0.25, 0.3) is 5.91 Å². The van der Waals surface area contributed by atoms with E-state index in [2.05, 4.69) is 36.2 Å². The number of anilines is 1. The molecule has 4 rings (SSSR count). The second-order valence-corrected chi connectivity index (χ2v) is 9.11. The highest BCUT2D eigenvalue weighted by Gasteiger charge is 2.30. The third kappa shape index (κ3) is 4.44. The molecule has 1 atom stereocenters. The number of benzene rings is 2. The zero-order valence-electron chi connectivity index (χ0n) is 17.2. The van der Waals surface area contributed by atoms with Crippen LogP contribution in [0.4, 0.5) is 5.00 Å². The van der Waals surface area contributed by atoms with Crippen molar-refractivity contribution >= 4 is 33.8 Å². The number of halogens is 1. The highest BCUT2D eigenvalue weighted by atomic mass is 35.5. The molecule has 1 aliphatic rings. The molecule has 1 aromatic heterocycles. The first-order valence-electron chi connectivity index (χ1n) is 10.1. The van der Waals surface area contributed by atoms with Crippen molar-refractivity contribution in [3.05, 3.63) is 86.8 Å². The van der Waals surface area contributed by atoms with Crippen LogP contribution >= 0.6 is 22.9 Å². The van der Waals surface area contributed by atoms with E-state index in [9.17, 15) is 4.79 Å². The minimum Gasteiger partial charge on any atom is -0.379 e. The first-order valence-corrected chi connectivity index (χ1v) is 11.3. The van der Waals surface area contributed by atoms with Gasteiger partial charge in [0.1, 0.15) is 5.00 Å². The molecule has 4 nitrogen and oxygen atoms in total. The van der Waals surface area contributed by atoms with Gasteiger partial charge in [-0.05, 0) is 49.2 Å². The Morgan fingerprint density at radius 3 is 2.40 bits per heavy atom. The summed E-state index contributed by atoms with van der Waals surface area (Å²) in [5.41, 5.74) is 4.19. The van der Waals surface area contributed by atoms with Gasteiger partial charge in [-0.25, -0.2) is 0 Å². The van der Waals surface area contributed by atoms with Crippen molar-refractivity contribution in [1.29, 1.82) is 0 Å². The minimum atomic E-state index is -0.0880. The summed E-state index contributed by atoms with van der Waals surface area (Å²) >= 11 is 7.80. The summed E-state index contributed by atoms with van der Waals surface area (Å²) in [5, 5.41) is 4.81. The fourth-order valence-corrected chi connectivity index (χ4v) is 5.09. The standard InChI is InChI=1S/C24H25ClN2O2S/c1-16-17(2)30-24(26-23(28)19-6-4-3-5-7-19)21(16)22(27-12-14-29-15-13-27)18-8-10-20(25)11-9-18/h3-11,22H,12-15H2,1-2H3,(H,26,28)/t22-/m0/s1. The van der Waals surface area contributed by atoms with Crippen LogP contribution in [0.25, 0.3) is 0 Å². The van der Waals surface area contributed by atoms with Crippen LogP contribution in [0.5, 0.6) is 0 Å². The Labute approximate surface area is 186 Å². The molecular formula is C24H25ClN2O2S. The summed E-state index contributed by atoms with van der Waals surface area (Å²) in [7, 11) is 0. The molecule has 1 aliphatic heterocycles. The average Bonchev–Trinajstić information content (AvgIpc) is 3.04. The highest BCUT2D eigenvalue weighted by molar-refractivity contribution is 7.16. The molecule has 0 saturated carbocycles. The van der Waals surface area contributed by atoms with E-state index in [-0.39, 0.29) is 11.9 Å². The number of aryl methyl sites for hydroxylation is 1. The lowest BCUT2D eigenvalue weighted by molar-refractivity contribution is 0.0240. The van der Waals surface area contributed by atoms with Gasteiger partial charge in [0.2, 0.25) is 0 Å². The van der Waals surface area contributed by atoms with Crippen LogP contribution < -0.4 is 5.32 Å². The van der Waals surface area contributed by atoms with Crippen molar-refractivity contribution in [2.24, 2.45) is 0 Å². The molecule has 1 amide bonds. The van der Waals surface area contributed by atoms with Gasteiger partial charge in [0, 0.05) is 34.1 Å². The summed E-state index contributed by atoms with van der Waals surface area (Å²) in [6, 6.07) is 17.4. The fourth-order valence-electron chi connectivity index (χ4n) is 3.87. The maximum absolute atomic E-state index is 12.9. The van der Waals surface area contributed by atoms with Crippen molar-refractivity contribution < 1.29 is 9.53 Å². The number of carbonyl (C=O) groups excluding carboxylic acids is 1. The van der Waals surface area contributed by atoms with E-state index in [1.807, 2.05) is 42.5 Å². The van der Waals surface area contributed by atoms with Gasteiger partial charge >= 0.3 is 0 Å². The van der Waals surface area contributed by atoms with Crippen molar-refractivity contribution in [2.75, 3.05) is 31.6 Å². The van der Waals surface area contributed by atoms with E-state index >= 15 is 0 Å². The van der Waals surface area contributed by atoms with Crippen molar-refractivity contribution in [2.45, 2.75) is 19.9 Å². The summed E-state index contributed by atoms with van der Waals surface area (Å²) in [5.74, 6) is -0.0880. The fraction of sp³-hybridized carbons (Fsp3) is 0.292. The normalized spacial score (nSPS) is 15.7. The third-order valence-corrected chi connectivity index (χ3v) is 6.96. The van der Waals surface area contributed by atoms with E-state index in [1.165, 1.54) is 10.4 Å². The molecular weight excluding hydrogens is 416 g/mol. The van der Waals surface area contributed by atoms with Gasteiger partial charge in [-0.15, -0.1) is 11.3 Å². The zero-order chi connectivity index (χ0) is 21.1. The number of nitrogens with one attached hydrogen (secondary N) is 1. The zero-order valence-corrected chi connectivity index (χ0v) is 18.7. The number of hydrogen-bond acceptors (Lipinski definition) is 4. The molecule has 1 fully saturated rings. The van der Waals surface area contributed by atoms with Gasteiger partial charge in [0.05, 0.1) is 19.3 Å². The quantitative estimate of drug-likeness (QED) is 0.553. The van der Waals surface area contributed by atoms with E-state index < -0.39 is 0 Å². The van der Waals surface area contributed by atoms with Crippen molar-refractivity contribution in [3.8, 4) is 0 Å². The second-order valence-electron chi connectivity index (χ2n) is 7.45. The molecule has 0 radical (unpaired) electrons. The number of hydrogen-bond donors (Lipinski definition) is 1. The third-order valence-electron chi connectivity index (χ3n) is 5.56. The second kappa shape index (κ2) is 9.31. The number of ether oxygens (including phenoxy) is 1. The molecule has 30 heavy (non-hydrogen) atoms. The topological polar surface area (TPSA) is 41.6 Å². The lowest BCUT2D eigenvalue weighted by Crippen LogP contribution is -2.39. The highest BCUT2D eigenvalue weighted by Crippen LogP contribution is 2.42. The Morgan fingerprint density at radius 2 is 1.73 bits per heavy atom. The molecule has 3 aromatic rings. The number of amides is 1. The monoisotopic (exact) mass is 440 g/mol. The lowest BCUT2D eigenvalue weighted by atomic mass is 9.94. The summed E-state index contributed by atoms with van der Waals surface area (Å²) in [6.07, 6.45) is 0. The molecule has 0 bridgehead atoms. The van der Waals surface area contributed by atoms with E-state index in [4.69, 9.17) is 16.3 Å². The van der Waals surface area contributed by atoms with Gasteiger partial charge in [-0.3, -0.25) is 9.69 Å². The van der Waals surface area contributed by atoms with E-state index in [1.54, 1.807) is 11.3 Å². The summed E-state index contributed by atoms with van der Waals surface area (Å²) in [4.78, 5) is 16.6. The number of nitrogens with zero attached hydrogens (tertiary/aromatic N) is 1. The van der Waals surface area contributed by atoms with Crippen molar-refractivity contribution in [1.82, 2.24) is 4.90 Å². The number of rotatable bonds is 5. The lowest BCUT2D eigenvalue weighted by Gasteiger charge is -2.35. The van der Waals surface area contributed by atoms with Crippen LogP contribution in [0.1, 0.15) is 38.0 Å². The molecule has 2 aromatic carbocycles. The van der Waals surface area contributed by atoms with Crippen LogP contribution in [-0.2, 0) is 4.74 Å². The SMILES string of the molecule is Cc1sc(NC(=O)c2ccccc2)c([C@H](c2ccc(Cl)cc2)N2CCOCC2)c1C. The van der Waals surface area contributed by atoms with Crippen LogP contribution in [0.2, 0.25) is 5.02 Å². The first-order chi connectivity index (χ1) is 14.5. The molecule has 156 valence electrons. The van der Waals surface area contributed by atoms with Crippen LogP contribution in [0.3, 0.4) is 0 Å². The maximum atomic E-state index is 12.9. The predicted octanol–water partition coefficient (Wildman–Crippen LogP) is 5.69. The molecule has 2 heterocycles. The van der Waals surface area contributed by atoms with Crippen LogP contribution in [0, 0.1) is 13.8 Å². The Hall–Kier alpha value is -2.18. The number of carbonyl (C=O) groups is 1. The Kier molecular flexibility index (Phi) is 6.54. The van der Waals surface area contributed by atoms with Crippen LogP contribution in [0.15, 0.2) is 54.6 Å². The van der Waals surface area contributed by atoms with Crippen molar-refractivity contribution in [3.63, 3.8) is 0 Å². The summed E-state index contributed by atoms with van der Waals surface area (Å²) < 4.78 is 5.60. The van der Waals surface area contributed by atoms with Gasteiger partial charge < -0.3 is 10.1 Å². The minimum absolute atomic E-state index is 0.0298. The number of morpholine rings is 1. The molecule has 0 spiro atoms. The Balaban J connectivity index is 1.76. The summed E-state index contributed by atoms with van der Waals surface area (Å²) in [6.45, 7) is 7.35. The molecule has 0 unspecified atom stereocenters. The van der Waals surface area contributed by atoms with Crippen LogP contribution in [-0.4, -0.2) is 37.1 Å². The molecule has 1 N–H and O–H groups in total. The first kappa shape index (κ1) is 21.1.